The summed E-state index contributed by atoms with van der Waals surface area (Å²) in [6.45, 7) is -1.65. The van der Waals surface area contributed by atoms with Gasteiger partial charge in [0, 0.05) is 18.2 Å². The van der Waals surface area contributed by atoms with Crippen LogP contribution in [0.25, 0.3) is 22.6 Å². The maximum Gasteiger partial charge on any atom is 0.405 e. The molecule has 1 N–H and O–H groups in total. The third-order valence-corrected chi connectivity index (χ3v) is 4.04. The van der Waals surface area contributed by atoms with E-state index in [1.807, 2.05) is 5.32 Å². The van der Waals surface area contributed by atoms with Crippen LogP contribution in [-0.2, 0) is 0 Å². The molecule has 0 saturated heterocycles. The van der Waals surface area contributed by atoms with Gasteiger partial charge in [-0.05, 0) is 6.07 Å². The Morgan fingerprint density at radius 2 is 1.71 bits per heavy atom. The monoisotopic (exact) mass is 463 g/mol. The van der Waals surface area contributed by atoms with Crippen molar-refractivity contribution in [1.29, 1.82) is 0 Å². The molecule has 0 aliphatic heterocycles. The Hall–Kier alpha value is -3.48. The molecule has 0 atom stereocenters. The molecule has 0 amide bonds. The van der Waals surface area contributed by atoms with Crippen molar-refractivity contribution in [3.63, 3.8) is 0 Å². The molecule has 0 radical (unpaired) electrons. The second kappa shape index (κ2) is 8.34. The molecule has 0 saturated carbocycles. The fraction of sp³-hybridized carbons (Fsp3) is 0.118. The lowest BCUT2D eigenvalue weighted by Crippen LogP contribution is -2.22. The summed E-state index contributed by atoms with van der Waals surface area (Å²) in [6.07, 6.45) is -3.89. The topological polar surface area (TPSA) is 93.8 Å². The first-order valence-electron chi connectivity index (χ1n) is 8.10. The molecule has 3 rings (SSSR count). The van der Waals surface area contributed by atoms with E-state index in [0.29, 0.717) is 12.1 Å². The van der Waals surface area contributed by atoms with Crippen LogP contribution < -0.4 is 5.32 Å². The maximum atomic E-state index is 14.3. The number of benzene rings is 1. The molecule has 0 spiro atoms. The standard InChI is InChI=1S/C17H8ClF6N5O2/c18-14-13(12-9(20)3-7(19)4-10(12)21)16(26-6-17(22,23)24)28-15(27-14)11-2-1-8(5-25-11)29(30)31/h1-5H,6H2,(H,26,27,28). The zero-order chi connectivity index (χ0) is 22.9. The summed E-state index contributed by atoms with van der Waals surface area (Å²) in [5, 5.41) is 11.9. The minimum Gasteiger partial charge on any atom is -0.360 e. The van der Waals surface area contributed by atoms with Gasteiger partial charge in [0.25, 0.3) is 5.69 Å². The van der Waals surface area contributed by atoms with Crippen molar-refractivity contribution in [3.05, 3.63) is 63.2 Å². The predicted octanol–water partition coefficient (Wildman–Crippen LogP) is 5.16. The molecule has 7 nitrogen and oxygen atoms in total. The molecule has 0 aliphatic carbocycles. The molecular formula is C17H8ClF6N5O2. The van der Waals surface area contributed by atoms with Gasteiger partial charge in [0.15, 0.2) is 5.82 Å². The summed E-state index contributed by atoms with van der Waals surface area (Å²) in [7, 11) is 0. The number of nitrogens with one attached hydrogen (secondary N) is 1. The number of rotatable bonds is 5. The maximum absolute atomic E-state index is 14.3. The van der Waals surface area contributed by atoms with Crippen LogP contribution in [0.4, 0.5) is 37.8 Å². The fourth-order valence-corrected chi connectivity index (χ4v) is 2.75. The molecular weight excluding hydrogens is 456 g/mol. The van der Waals surface area contributed by atoms with Crippen molar-refractivity contribution < 1.29 is 31.3 Å². The van der Waals surface area contributed by atoms with Crippen molar-refractivity contribution in [2.75, 3.05) is 11.9 Å². The van der Waals surface area contributed by atoms with Crippen molar-refractivity contribution in [2.24, 2.45) is 0 Å². The number of pyridine rings is 1. The number of halogens is 7. The van der Waals surface area contributed by atoms with E-state index in [1.165, 1.54) is 0 Å². The number of aromatic nitrogens is 3. The third-order valence-electron chi connectivity index (χ3n) is 3.77. The van der Waals surface area contributed by atoms with Crippen LogP contribution in [0, 0.1) is 27.6 Å². The molecule has 0 bridgehead atoms. The highest BCUT2D eigenvalue weighted by Crippen LogP contribution is 2.38. The first-order valence-corrected chi connectivity index (χ1v) is 8.48. The zero-order valence-corrected chi connectivity index (χ0v) is 15.6. The number of nitro groups is 1. The summed E-state index contributed by atoms with van der Waals surface area (Å²) in [6, 6.07) is 2.77. The average molecular weight is 464 g/mol. The van der Waals surface area contributed by atoms with E-state index in [-0.39, 0.29) is 17.2 Å². The lowest BCUT2D eigenvalue weighted by Gasteiger charge is -2.16. The van der Waals surface area contributed by atoms with Crippen molar-refractivity contribution in [1.82, 2.24) is 15.0 Å². The summed E-state index contributed by atoms with van der Waals surface area (Å²) in [4.78, 5) is 21.3. The molecule has 162 valence electrons. The summed E-state index contributed by atoms with van der Waals surface area (Å²) in [5.74, 6) is -5.24. The number of hydrogen-bond acceptors (Lipinski definition) is 6. The Morgan fingerprint density at radius 3 is 2.23 bits per heavy atom. The quantitative estimate of drug-likeness (QED) is 0.243. The van der Waals surface area contributed by atoms with E-state index in [0.717, 1.165) is 18.3 Å². The van der Waals surface area contributed by atoms with Gasteiger partial charge in [-0.15, -0.1) is 0 Å². The van der Waals surface area contributed by atoms with Gasteiger partial charge in [-0.2, -0.15) is 13.2 Å². The summed E-state index contributed by atoms with van der Waals surface area (Å²) in [5.41, 5.74) is -2.11. The normalized spacial score (nSPS) is 11.5. The third kappa shape index (κ3) is 4.99. The summed E-state index contributed by atoms with van der Waals surface area (Å²) < 4.78 is 79.9. The van der Waals surface area contributed by atoms with Crippen molar-refractivity contribution in [2.45, 2.75) is 6.18 Å². The molecule has 2 aromatic heterocycles. The second-order valence-electron chi connectivity index (χ2n) is 5.93. The SMILES string of the molecule is O=[N+]([O-])c1ccc(-c2nc(Cl)c(-c3c(F)cc(F)cc3F)c(NCC(F)(F)F)n2)nc1. The Kier molecular flexibility index (Phi) is 5.97. The molecule has 31 heavy (non-hydrogen) atoms. The van der Waals surface area contributed by atoms with Crippen LogP contribution in [0.5, 0.6) is 0 Å². The zero-order valence-electron chi connectivity index (χ0n) is 14.8. The van der Waals surface area contributed by atoms with Crippen molar-refractivity contribution >= 4 is 23.1 Å². The van der Waals surface area contributed by atoms with E-state index in [1.54, 1.807) is 0 Å². The highest BCUT2D eigenvalue weighted by molar-refractivity contribution is 6.32. The number of nitrogens with zero attached hydrogens (tertiary/aromatic N) is 4. The lowest BCUT2D eigenvalue weighted by molar-refractivity contribution is -0.385. The second-order valence-corrected chi connectivity index (χ2v) is 6.29. The largest absolute Gasteiger partial charge is 0.405 e. The molecule has 0 aliphatic rings. The van der Waals surface area contributed by atoms with Gasteiger partial charge in [0.05, 0.1) is 16.1 Å². The number of hydrogen-bond donors (Lipinski definition) is 1. The molecule has 3 aromatic rings. The molecule has 0 fully saturated rings. The molecule has 1 aromatic carbocycles. The molecule has 2 heterocycles. The van der Waals surface area contributed by atoms with Crippen LogP contribution in [0.1, 0.15) is 0 Å². The highest BCUT2D eigenvalue weighted by atomic mass is 35.5. The average Bonchev–Trinajstić information content (AvgIpc) is 2.66. The lowest BCUT2D eigenvalue weighted by atomic mass is 10.1. The van der Waals surface area contributed by atoms with Gasteiger partial charge >= 0.3 is 6.18 Å². The van der Waals surface area contributed by atoms with Gasteiger partial charge in [-0.25, -0.2) is 28.1 Å². The van der Waals surface area contributed by atoms with E-state index < -0.39 is 57.2 Å². The van der Waals surface area contributed by atoms with E-state index in [4.69, 9.17) is 11.6 Å². The van der Waals surface area contributed by atoms with Gasteiger partial charge < -0.3 is 5.32 Å². The minimum absolute atomic E-state index is 0.117. The van der Waals surface area contributed by atoms with E-state index in [2.05, 4.69) is 15.0 Å². The first-order chi connectivity index (χ1) is 14.5. The van der Waals surface area contributed by atoms with Crippen LogP contribution in [0.2, 0.25) is 5.15 Å². The van der Waals surface area contributed by atoms with Gasteiger partial charge in [0.1, 0.15) is 46.9 Å². The Labute approximate surface area is 173 Å². The van der Waals surface area contributed by atoms with Crippen LogP contribution in [0.3, 0.4) is 0 Å². The van der Waals surface area contributed by atoms with Crippen LogP contribution >= 0.6 is 11.6 Å². The Bertz CT molecular complexity index is 1130. The number of anilines is 1. The number of alkyl halides is 3. The summed E-state index contributed by atoms with van der Waals surface area (Å²) >= 11 is 6.00. The van der Waals surface area contributed by atoms with E-state index in [9.17, 15) is 36.5 Å². The molecule has 0 unspecified atom stereocenters. The first kappa shape index (κ1) is 22.2. The van der Waals surface area contributed by atoms with Crippen LogP contribution in [-0.4, -0.2) is 32.6 Å². The smallest absolute Gasteiger partial charge is 0.360 e. The minimum atomic E-state index is -4.74. The fourth-order valence-electron chi connectivity index (χ4n) is 2.49. The Morgan fingerprint density at radius 1 is 1.06 bits per heavy atom. The van der Waals surface area contributed by atoms with Crippen molar-refractivity contribution in [3.8, 4) is 22.6 Å². The van der Waals surface area contributed by atoms with E-state index >= 15 is 0 Å². The van der Waals surface area contributed by atoms with Gasteiger partial charge in [0.2, 0.25) is 0 Å². The Balaban J connectivity index is 2.18. The predicted molar refractivity (Wildman–Crippen MR) is 96.8 cm³/mol. The van der Waals surface area contributed by atoms with Gasteiger partial charge in [-0.3, -0.25) is 10.1 Å². The highest BCUT2D eigenvalue weighted by Gasteiger charge is 2.29. The van der Waals surface area contributed by atoms with Gasteiger partial charge in [-0.1, -0.05) is 11.6 Å². The van der Waals surface area contributed by atoms with Crippen LogP contribution in [0.15, 0.2) is 30.5 Å². The molecule has 14 heteroatoms.